The topological polar surface area (TPSA) is 163 Å². The highest BCUT2D eigenvalue weighted by atomic mass is 32.2. The largest absolute Gasteiger partial charge is 0.479 e. The molecule has 1 atom stereocenters. The van der Waals surface area contributed by atoms with Crippen molar-refractivity contribution in [3.8, 4) is 0 Å². The third-order valence-electron chi connectivity index (χ3n) is 5.75. The molecule has 0 unspecified atom stereocenters. The van der Waals surface area contributed by atoms with Gasteiger partial charge in [0, 0.05) is 17.5 Å². The molecule has 182 valence electrons. The van der Waals surface area contributed by atoms with Crippen molar-refractivity contribution in [2.24, 2.45) is 10.1 Å². The fourth-order valence-electron chi connectivity index (χ4n) is 3.90. The van der Waals surface area contributed by atoms with Crippen LogP contribution in [0.1, 0.15) is 36.0 Å². The van der Waals surface area contributed by atoms with E-state index in [9.17, 15) is 23.1 Å². The Bertz CT molecular complexity index is 1370. The monoisotopic (exact) mass is 494 g/mol. The highest BCUT2D eigenvalue weighted by Gasteiger charge is 2.43. The van der Waals surface area contributed by atoms with Crippen molar-refractivity contribution in [3.63, 3.8) is 0 Å². The third kappa shape index (κ3) is 6.30. The van der Waals surface area contributed by atoms with Gasteiger partial charge in [-0.15, -0.1) is 4.36 Å². The molecular formula is C25H26N4O5S. The van der Waals surface area contributed by atoms with Gasteiger partial charge in [0.05, 0.1) is 6.54 Å². The number of carboxylic acid groups (broad SMARTS) is 1. The summed E-state index contributed by atoms with van der Waals surface area (Å²) in [5.41, 5.74) is 5.13. The number of nitrogens with two attached hydrogens (primary N) is 1. The number of amidine groups is 1. The molecule has 3 aromatic rings. The van der Waals surface area contributed by atoms with Crippen molar-refractivity contribution < 1.29 is 23.1 Å². The molecule has 3 aromatic carbocycles. The highest BCUT2D eigenvalue weighted by Crippen LogP contribution is 2.32. The summed E-state index contributed by atoms with van der Waals surface area (Å²) in [5, 5.41) is 21.3. The SMILES string of the molecule is N=C(N)c1ccc(CCCCC(=O)NC[C@](N=S(=O)=O)(C(=O)O)c2cccc3ccccc23)cc1. The average Bonchev–Trinajstić information content (AvgIpc) is 2.84. The Morgan fingerprint density at radius 2 is 1.69 bits per heavy atom. The first-order chi connectivity index (χ1) is 16.7. The van der Waals surface area contributed by atoms with Crippen LogP contribution in [0.2, 0.25) is 0 Å². The Hall–Kier alpha value is -4.05. The number of nitrogens with zero attached hydrogens (tertiary/aromatic N) is 1. The van der Waals surface area contributed by atoms with Crippen LogP contribution in [0.25, 0.3) is 10.8 Å². The Labute approximate surface area is 204 Å². The van der Waals surface area contributed by atoms with Crippen LogP contribution in [0.5, 0.6) is 0 Å². The summed E-state index contributed by atoms with van der Waals surface area (Å²) >= 11 is 0. The number of carboxylic acids is 1. The molecule has 35 heavy (non-hydrogen) atoms. The van der Waals surface area contributed by atoms with E-state index < -0.39 is 34.5 Å². The van der Waals surface area contributed by atoms with Gasteiger partial charge in [-0.1, -0.05) is 66.7 Å². The number of unbranched alkanes of at least 4 members (excludes halogenated alkanes) is 1. The van der Waals surface area contributed by atoms with Crippen molar-refractivity contribution in [2.75, 3.05) is 6.54 Å². The molecule has 0 aliphatic heterocycles. The molecule has 5 N–H and O–H groups in total. The second-order valence-corrected chi connectivity index (χ2v) is 8.71. The maximum absolute atomic E-state index is 12.5. The minimum atomic E-state index is -3.02. The lowest BCUT2D eigenvalue weighted by atomic mass is 9.87. The first kappa shape index (κ1) is 25.6. The van der Waals surface area contributed by atoms with Crippen molar-refractivity contribution in [1.29, 1.82) is 5.41 Å². The number of aliphatic carboxylic acids is 1. The number of benzene rings is 3. The maximum atomic E-state index is 12.5. The van der Waals surface area contributed by atoms with Crippen LogP contribution in [0.4, 0.5) is 0 Å². The van der Waals surface area contributed by atoms with Gasteiger partial charge in [-0.3, -0.25) is 10.2 Å². The summed E-state index contributed by atoms with van der Waals surface area (Å²) in [6.07, 6.45) is 2.15. The Kier molecular flexibility index (Phi) is 8.32. The van der Waals surface area contributed by atoms with E-state index in [1.807, 2.05) is 12.1 Å². The van der Waals surface area contributed by atoms with Gasteiger partial charge >= 0.3 is 16.5 Å². The summed E-state index contributed by atoms with van der Waals surface area (Å²) in [7, 11) is -3.02. The smallest absolute Gasteiger partial charge is 0.339 e. The Morgan fingerprint density at radius 3 is 2.34 bits per heavy atom. The number of carbonyl (C=O) groups is 2. The zero-order chi connectivity index (χ0) is 25.4. The second kappa shape index (κ2) is 11.4. The van der Waals surface area contributed by atoms with Gasteiger partial charge in [0.25, 0.3) is 0 Å². The zero-order valence-corrected chi connectivity index (χ0v) is 19.7. The number of aryl methyl sites for hydroxylation is 1. The second-order valence-electron chi connectivity index (χ2n) is 8.09. The molecule has 0 saturated carbocycles. The molecule has 0 saturated heterocycles. The van der Waals surface area contributed by atoms with Gasteiger partial charge in [0.1, 0.15) is 5.84 Å². The number of hydrogen-bond donors (Lipinski definition) is 4. The molecule has 0 spiro atoms. The molecule has 9 nitrogen and oxygen atoms in total. The van der Waals surface area contributed by atoms with E-state index in [-0.39, 0.29) is 17.8 Å². The number of amides is 1. The lowest BCUT2D eigenvalue weighted by Crippen LogP contribution is -2.45. The van der Waals surface area contributed by atoms with Gasteiger partial charge < -0.3 is 16.2 Å². The minimum absolute atomic E-state index is 0.00158. The van der Waals surface area contributed by atoms with Crippen LogP contribution < -0.4 is 11.1 Å². The molecular weight excluding hydrogens is 468 g/mol. The van der Waals surface area contributed by atoms with E-state index >= 15 is 0 Å². The molecule has 0 aliphatic carbocycles. The fraction of sp³-hybridized carbons (Fsp3) is 0.240. The normalized spacial score (nSPS) is 12.5. The molecule has 3 rings (SSSR count). The zero-order valence-electron chi connectivity index (χ0n) is 18.9. The van der Waals surface area contributed by atoms with E-state index in [0.717, 1.165) is 23.8 Å². The Balaban J connectivity index is 1.69. The third-order valence-corrected chi connectivity index (χ3v) is 6.21. The quantitative estimate of drug-likeness (QED) is 0.182. The van der Waals surface area contributed by atoms with Crippen LogP contribution in [0.3, 0.4) is 0 Å². The summed E-state index contributed by atoms with van der Waals surface area (Å²) in [4.78, 5) is 24.8. The number of nitrogens with one attached hydrogen (secondary N) is 2. The summed E-state index contributed by atoms with van der Waals surface area (Å²) in [6.45, 7) is -0.504. The molecule has 0 radical (unpaired) electrons. The Morgan fingerprint density at radius 1 is 1.00 bits per heavy atom. The van der Waals surface area contributed by atoms with Crippen molar-refractivity contribution in [2.45, 2.75) is 31.2 Å². The van der Waals surface area contributed by atoms with Crippen LogP contribution in [0, 0.1) is 5.41 Å². The summed E-state index contributed by atoms with van der Waals surface area (Å²) in [5.74, 6) is -1.87. The van der Waals surface area contributed by atoms with Crippen molar-refractivity contribution >= 4 is 39.0 Å². The number of hydrogen-bond acceptors (Lipinski definition) is 6. The highest BCUT2D eigenvalue weighted by molar-refractivity contribution is 7.61. The van der Waals surface area contributed by atoms with E-state index in [4.69, 9.17) is 11.1 Å². The lowest BCUT2D eigenvalue weighted by molar-refractivity contribution is -0.143. The molecule has 0 aliphatic rings. The number of rotatable bonds is 11. The number of nitrogen functional groups attached to an aromatic ring is 1. The maximum Gasteiger partial charge on any atom is 0.339 e. The fourth-order valence-corrected chi connectivity index (χ4v) is 4.40. The van der Waals surface area contributed by atoms with Gasteiger partial charge in [-0.25, -0.2) is 4.79 Å². The average molecular weight is 495 g/mol. The van der Waals surface area contributed by atoms with Crippen LogP contribution in [-0.2, 0) is 32.0 Å². The van der Waals surface area contributed by atoms with E-state index in [0.29, 0.717) is 17.4 Å². The van der Waals surface area contributed by atoms with Gasteiger partial charge in [-0.2, -0.15) is 8.42 Å². The summed E-state index contributed by atoms with van der Waals surface area (Å²) in [6, 6.07) is 19.2. The molecule has 10 heteroatoms. The van der Waals surface area contributed by atoms with E-state index in [2.05, 4.69) is 9.68 Å². The van der Waals surface area contributed by atoms with Gasteiger partial charge in [0.15, 0.2) is 0 Å². The number of fused-ring (bicyclic) bond motifs is 1. The van der Waals surface area contributed by atoms with Gasteiger partial charge in [-0.05, 0) is 35.6 Å². The predicted octanol–water partition coefficient (Wildman–Crippen LogP) is 3.00. The van der Waals surface area contributed by atoms with Crippen LogP contribution >= 0.6 is 0 Å². The van der Waals surface area contributed by atoms with Gasteiger partial charge in [0.2, 0.25) is 11.4 Å². The predicted molar refractivity (Wildman–Crippen MR) is 133 cm³/mol. The van der Waals surface area contributed by atoms with Crippen molar-refractivity contribution in [3.05, 3.63) is 83.4 Å². The summed E-state index contributed by atoms with van der Waals surface area (Å²) < 4.78 is 26.6. The standard InChI is InChI=1S/C25H26N4O5S/c26-23(27)19-14-12-17(13-15-19)6-1-4-11-22(30)28-16-25(24(31)32,29-35(33)34)21-10-5-8-18-7-2-3-9-20(18)21/h2-3,5,7-10,12-15H,1,4,6,11,16H2,(H3,26,27)(H,28,30)(H,31,32)/t25-/m1/s1. The molecule has 0 fully saturated rings. The molecule has 0 aromatic heterocycles. The molecule has 1 amide bonds. The van der Waals surface area contributed by atoms with Crippen molar-refractivity contribution in [1.82, 2.24) is 5.32 Å². The minimum Gasteiger partial charge on any atom is -0.479 e. The number of carbonyl (C=O) groups excluding carboxylic acids is 1. The van der Waals surface area contributed by atoms with Crippen LogP contribution in [-0.4, -0.2) is 37.8 Å². The van der Waals surface area contributed by atoms with Crippen LogP contribution in [0.15, 0.2) is 71.1 Å². The first-order valence-electron chi connectivity index (χ1n) is 11.0. The molecule has 0 bridgehead atoms. The first-order valence-corrected chi connectivity index (χ1v) is 12.0. The van der Waals surface area contributed by atoms with E-state index in [1.165, 1.54) is 6.07 Å². The molecule has 0 heterocycles. The lowest BCUT2D eigenvalue weighted by Gasteiger charge is -2.25. The van der Waals surface area contributed by atoms with E-state index in [1.54, 1.807) is 48.5 Å².